The van der Waals surface area contributed by atoms with Crippen molar-refractivity contribution < 1.29 is 10.2 Å². The lowest BCUT2D eigenvalue weighted by Crippen LogP contribution is -2.04. The number of nitrogens with zero attached hydrogens (tertiary/aromatic N) is 4. The van der Waals surface area contributed by atoms with Crippen LogP contribution in [0.1, 0.15) is 13.8 Å². The molecule has 0 aromatic carbocycles. The molecular formula is C9H12N4O2. The Balaban J connectivity index is 2.50. The highest BCUT2D eigenvalue weighted by Gasteiger charge is 2.10. The molecule has 0 aliphatic heterocycles. The minimum Gasteiger partial charge on any atom is -0.493 e. The van der Waals surface area contributed by atoms with Crippen molar-refractivity contribution in [2.45, 2.75) is 20.4 Å². The molecule has 0 spiro atoms. The van der Waals surface area contributed by atoms with E-state index in [0.717, 1.165) is 6.54 Å². The lowest BCUT2D eigenvalue weighted by molar-refractivity contribution is 0.403. The molecule has 0 radical (unpaired) electrons. The predicted molar refractivity (Wildman–Crippen MR) is 53.5 cm³/mol. The zero-order chi connectivity index (χ0) is 11.0. The Labute approximate surface area is 86.2 Å². The normalized spacial score (nSPS) is 11.4. The highest BCUT2D eigenvalue weighted by molar-refractivity contribution is 5.79. The Hall–Kier alpha value is -1.85. The summed E-state index contributed by atoms with van der Waals surface area (Å²) < 4.78 is 1.68. The Morgan fingerprint density at radius 1 is 1.33 bits per heavy atom. The molecule has 0 bridgehead atoms. The van der Waals surface area contributed by atoms with Crippen molar-refractivity contribution >= 4 is 11.0 Å². The van der Waals surface area contributed by atoms with Gasteiger partial charge in [0.15, 0.2) is 5.65 Å². The fourth-order valence-electron chi connectivity index (χ4n) is 1.39. The maximum atomic E-state index is 9.44. The van der Waals surface area contributed by atoms with E-state index < -0.39 is 6.01 Å². The van der Waals surface area contributed by atoms with Gasteiger partial charge in [-0.1, -0.05) is 13.8 Å². The molecular weight excluding hydrogens is 196 g/mol. The third-order valence-corrected chi connectivity index (χ3v) is 1.95. The molecule has 0 amide bonds. The molecule has 0 fully saturated rings. The first-order valence-corrected chi connectivity index (χ1v) is 4.69. The fraction of sp³-hybridized carbons (Fsp3) is 0.444. The van der Waals surface area contributed by atoms with Gasteiger partial charge in [-0.25, -0.2) is 0 Å². The van der Waals surface area contributed by atoms with Crippen LogP contribution in [-0.2, 0) is 6.54 Å². The van der Waals surface area contributed by atoms with Crippen LogP contribution in [0.25, 0.3) is 11.0 Å². The topological polar surface area (TPSA) is 84.1 Å². The Bertz CT molecular complexity index is 492. The van der Waals surface area contributed by atoms with Gasteiger partial charge >= 0.3 is 6.01 Å². The first kappa shape index (κ1) is 9.70. The maximum Gasteiger partial charge on any atom is 0.319 e. The van der Waals surface area contributed by atoms with Crippen LogP contribution < -0.4 is 0 Å². The van der Waals surface area contributed by atoms with Crippen molar-refractivity contribution in [2.24, 2.45) is 5.92 Å². The standard InChI is InChI=1S/C9H12N4O2/c1-5(2)3-13-4-6-7(12-13)10-9(15)11-8(6)14/h4-5H,3H2,1-2H3,(H2,10,11,12,14,15). The summed E-state index contributed by atoms with van der Waals surface area (Å²) in [7, 11) is 0. The molecule has 0 aliphatic rings. The van der Waals surface area contributed by atoms with Gasteiger partial charge in [-0.15, -0.1) is 0 Å². The van der Waals surface area contributed by atoms with E-state index in [2.05, 4.69) is 28.9 Å². The first-order valence-electron chi connectivity index (χ1n) is 4.69. The van der Waals surface area contributed by atoms with Crippen LogP contribution in [0.15, 0.2) is 6.20 Å². The quantitative estimate of drug-likeness (QED) is 0.765. The molecule has 2 aromatic rings. The van der Waals surface area contributed by atoms with Crippen LogP contribution in [0.3, 0.4) is 0 Å². The van der Waals surface area contributed by atoms with E-state index in [9.17, 15) is 5.11 Å². The Morgan fingerprint density at radius 3 is 2.73 bits per heavy atom. The van der Waals surface area contributed by atoms with Gasteiger partial charge in [0.25, 0.3) is 0 Å². The van der Waals surface area contributed by atoms with Gasteiger partial charge in [0.1, 0.15) is 5.39 Å². The molecule has 80 valence electrons. The van der Waals surface area contributed by atoms with Crippen molar-refractivity contribution in [1.82, 2.24) is 19.7 Å². The number of aromatic nitrogens is 4. The van der Waals surface area contributed by atoms with Crippen LogP contribution in [-0.4, -0.2) is 30.0 Å². The molecule has 2 N–H and O–H groups in total. The molecule has 0 aliphatic carbocycles. The summed E-state index contributed by atoms with van der Waals surface area (Å²) in [6, 6.07) is -0.463. The van der Waals surface area contributed by atoms with E-state index in [4.69, 9.17) is 5.11 Å². The molecule has 0 saturated carbocycles. The van der Waals surface area contributed by atoms with Gasteiger partial charge in [-0.3, -0.25) is 4.68 Å². The van der Waals surface area contributed by atoms with Crippen LogP contribution in [0.4, 0.5) is 0 Å². The Morgan fingerprint density at radius 2 is 2.07 bits per heavy atom. The molecule has 0 atom stereocenters. The highest BCUT2D eigenvalue weighted by Crippen LogP contribution is 2.22. The summed E-state index contributed by atoms with van der Waals surface area (Å²) in [4.78, 5) is 7.16. The van der Waals surface area contributed by atoms with Gasteiger partial charge in [0, 0.05) is 12.7 Å². The SMILES string of the molecule is CC(C)Cn1cc2c(O)nc(O)nc2n1. The van der Waals surface area contributed by atoms with Crippen molar-refractivity contribution in [3.63, 3.8) is 0 Å². The molecule has 15 heavy (non-hydrogen) atoms. The summed E-state index contributed by atoms with van der Waals surface area (Å²) in [6.45, 7) is 4.86. The summed E-state index contributed by atoms with van der Waals surface area (Å²) in [6.07, 6.45) is 1.67. The van der Waals surface area contributed by atoms with E-state index >= 15 is 0 Å². The van der Waals surface area contributed by atoms with Crippen LogP contribution in [0.2, 0.25) is 0 Å². The largest absolute Gasteiger partial charge is 0.493 e. The zero-order valence-electron chi connectivity index (χ0n) is 8.55. The second kappa shape index (κ2) is 3.38. The predicted octanol–water partition coefficient (Wildman–Crippen LogP) is 0.893. The molecule has 2 heterocycles. The lowest BCUT2D eigenvalue weighted by atomic mass is 10.2. The summed E-state index contributed by atoms with van der Waals surface area (Å²) >= 11 is 0. The molecule has 2 aromatic heterocycles. The number of aromatic hydroxyl groups is 2. The van der Waals surface area contributed by atoms with Crippen LogP contribution in [0.5, 0.6) is 11.9 Å². The summed E-state index contributed by atoms with van der Waals surface area (Å²) in [5.41, 5.74) is 0.306. The number of rotatable bonds is 2. The minimum absolute atomic E-state index is 0.243. The van der Waals surface area contributed by atoms with E-state index in [1.165, 1.54) is 0 Å². The van der Waals surface area contributed by atoms with Gasteiger partial charge in [-0.05, 0) is 5.92 Å². The lowest BCUT2D eigenvalue weighted by Gasteiger charge is -2.02. The van der Waals surface area contributed by atoms with E-state index in [-0.39, 0.29) is 5.88 Å². The third kappa shape index (κ3) is 1.83. The van der Waals surface area contributed by atoms with Crippen molar-refractivity contribution in [3.05, 3.63) is 6.20 Å². The minimum atomic E-state index is -0.463. The van der Waals surface area contributed by atoms with Gasteiger partial charge in [0.05, 0.1) is 0 Å². The molecule has 0 unspecified atom stereocenters. The van der Waals surface area contributed by atoms with Crippen LogP contribution in [0, 0.1) is 5.92 Å². The van der Waals surface area contributed by atoms with E-state index in [1.807, 2.05) is 0 Å². The van der Waals surface area contributed by atoms with Gasteiger partial charge < -0.3 is 10.2 Å². The number of hydrogen-bond donors (Lipinski definition) is 2. The molecule has 6 heteroatoms. The Kier molecular flexibility index (Phi) is 2.18. The highest BCUT2D eigenvalue weighted by atomic mass is 16.3. The molecule has 2 rings (SSSR count). The molecule has 0 saturated heterocycles. The van der Waals surface area contributed by atoms with Crippen molar-refractivity contribution in [1.29, 1.82) is 0 Å². The van der Waals surface area contributed by atoms with Crippen molar-refractivity contribution in [3.8, 4) is 11.9 Å². The summed E-state index contributed by atoms with van der Waals surface area (Å²) in [5.74, 6) is 0.204. The smallest absolute Gasteiger partial charge is 0.319 e. The van der Waals surface area contributed by atoms with Gasteiger partial charge in [-0.2, -0.15) is 15.1 Å². The van der Waals surface area contributed by atoms with Gasteiger partial charge in [0.2, 0.25) is 5.88 Å². The van der Waals surface area contributed by atoms with Crippen LogP contribution >= 0.6 is 0 Å². The number of fused-ring (bicyclic) bond motifs is 1. The third-order valence-electron chi connectivity index (χ3n) is 1.95. The molecule has 6 nitrogen and oxygen atoms in total. The first-order chi connectivity index (χ1) is 7.06. The zero-order valence-corrected chi connectivity index (χ0v) is 8.55. The second-order valence-electron chi connectivity index (χ2n) is 3.83. The monoisotopic (exact) mass is 208 g/mol. The fourth-order valence-corrected chi connectivity index (χ4v) is 1.39. The summed E-state index contributed by atoms with van der Waals surface area (Å²) in [5, 5.41) is 23.1. The maximum absolute atomic E-state index is 9.44. The average Bonchev–Trinajstić information content (AvgIpc) is 2.45. The second-order valence-corrected chi connectivity index (χ2v) is 3.83. The van der Waals surface area contributed by atoms with E-state index in [1.54, 1.807) is 10.9 Å². The number of hydrogen-bond acceptors (Lipinski definition) is 5. The average molecular weight is 208 g/mol. The van der Waals surface area contributed by atoms with E-state index in [0.29, 0.717) is 17.0 Å². The van der Waals surface area contributed by atoms with Crippen molar-refractivity contribution in [2.75, 3.05) is 0 Å².